The molecule has 0 aliphatic carbocycles. The predicted octanol–water partition coefficient (Wildman–Crippen LogP) is 3.13. The van der Waals surface area contributed by atoms with Crippen LogP contribution in [0.1, 0.15) is 15.9 Å². The molecule has 0 spiro atoms. The zero-order chi connectivity index (χ0) is 24.2. The molecular weight excluding hydrogens is 441 g/mol. The highest BCUT2D eigenvalue weighted by Crippen LogP contribution is 2.28. The molecule has 0 unspecified atom stereocenters. The number of rotatable bonds is 7. The lowest BCUT2D eigenvalue weighted by molar-refractivity contribution is 0.0827. The molecule has 8 nitrogen and oxygen atoms in total. The third-order valence-electron chi connectivity index (χ3n) is 5.75. The molecule has 0 atom stereocenters. The summed E-state index contributed by atoms with van der Waals surface area (Å²) in [5.41, 5.74) is 1.86. The van der Waals surface area contributed by atoms with Gasteiger partial charge < -0.3 is 29.0 Å². The summed E-state index contributed by atoms with van der Waals surface area (Å²) in [5, 5.41) is 3.53. The summed E-state index contributed by atoms with van der Waals surface area (Å²) in [6.45, 7) is 2.78. The quantitative estimate of drug-likeness (QED) is 0.569. The number of nitrogens with one attached hydrogen (secondary N) is 1. The maximum Gasteiger partial charge on any atom is 0.253 e. The normalized spacial score (nSPS) is 13.7. The monoisotopic (exact) mass is 469 g/mol. The van der Waals surface area contributed by atoms with E-state index < -0.39 is 5.82 Å². The maximum atomic E-state index is 14.0. The Bertz CT molecular complexity index is 1250. The van der Waals surface area contributed by atoms with Crippen LogP contribution in [0.15, 0.2) is 45.6 Å². The van der Waals surface area contributed by atoms with Gasteiger partial charge in [-0.3, -0.25) is 9.59 Å². The van der Waals surface area contributed by atoms with Crippen molar-refractivity contribution in [3.8, 4) is 5.75 Å². The number of carbonyl (C=O) groups excluding carboxylic acids is 1. The van der Waals surface area contributed by atoms with Crippen LogP contribution in [-0.2, 0) is 11.2 Å². The van der Waals surface area contributed by atoms with E-state index in [1.807, 2.05) is 4.90 Å². The van der Waals surface area contributed by atoms with Gasteiger partial charge in [0.2, 0.25) is 0 Å². The van der Waals surface area contributed by atoms with Gasteiger partial charge in [-0.2, -0.15) is 0 Å². The molecule has 2 aromatic carbocycles. The molecule has 3 aromatic rings. The molecule has 1 fully saturated rings. The van der Waals surface area contributed by atoms with E-state index in [1.165, 1.54) is 24.1 Å². The van der Waals surface area contributed by atoms with E-state index in [9.17, 15) is 14.0 Å². The van der Waals surface area contributed by atoms with Gasteiger partial charge in [-0.15, -0.1) is 0 Å². The number of nitrogens with zero attached hydrogens (tertiary/aromatic N) is 2. The first kappa shape index (κ1) is 23.6. The number of para-hydroxylation sites is 1. The first-order chi connectivity index (χ1) is 16.4. The topological polar surface area (TPSA) is 84.2 Å². The Balaban J connectivity index is 1.71. The van der Waals surface area contributed by atoms with Crippen molar-refractivity contribution in [3.05, 3.63) is 63.6 Å². The van der Waals surface area contributed by atoms with Crippen molar-refractivity contribution in [2.75, 3.05) is 64.3 Å². The van der Waals surface area contributed by atoms with Crippen molar-refractivity contribution < 1.29 is 23.1 Å². The van der Waals surface area contributed by atoms with Crippen molar-refractivity contribution in [1.29, 1.82) is 0 Å². The number of halogens is 1. The maximum absolute atomic E-state index is 14.0. The number of anilines is 2. The second-order valence-corrected chi connectivity index (χ2v) is 8.26. The highest BCUT2D eigenvalue weighted by Gasteiger charge is 2.20. The minimum atomic E-state index is -0.460. The molecular formula is C25H28FN3O5. The number of ether oxygens (including phenoxy) is 2. The Hall–Kier alpha value is -3.59. The van der Waals surface area contributed by atoms with Gasteiger partial charge >= 0.3 is 0 Å². The number of hydrogen-bond donors (Lipinski definition) is 1. The minimum Gasteiger partial charge on any atom is -0.492 e. The Morgan fingerprint density at radius 3 is 2.68 bits per heavy atom. The molecule has 180 valence electrons. The Morgan fingerprint density at radius 2 is 1.97 bits per heavy atom. The number of benzene rings is 2. The molecule has 0 bridgehead atoms. The molecule has 1 N–H and O–H groups in total. The fourth-order valence-electron chi connectivity index (χ4n) is 4.01. The fraction of sp³-hybridized carbons (Fsp3) is 0.360. The number of morpholine rings is 1. The van der Waals surface area contributed by atoms with E-state index in [4.69, 9.17) is 13.9 Å². The summed E-state index contributed by atoms with van der Waals surface area (Å²) >= 11 is 0. The molecule has 1 saturated heterocycles. The summed E-state index contributed by atoms with van der Waals surface area (Å²) < 4.78 is 30.8. The van der Waals surface area contributed by atoms with Gasteiger partial charge in [-0.05, 0) is 36.2 Å². The van der Waals surface area contributed by atoms with Crippen LogP contribution in [0.5, 0.6) is 5.75 Å². The lowest BCUT2D eigenvalue weighted by Crippen LogP contribution is -2.36. The van der Waals surface area contributed by atoms with Crippen LogP contribution in [0.4, 0.5) is 16.0 Å². The average molecular weight is 470 g/mol. The first-order valence-corrected chi connectivity index (χ1v) is 11.1. The summed E-state index contributed by atoms with van der Waals surface area (Å²) in [6.07, 6.45) is 0.431. The van der Waals surface area contributed by atoms with Crippen LogP contribution < -0.4 is 20.4 Å². The van der Waals surface area contributed by atoms with E-state index in [-0.39, 0.29) is 17.1 Å². The molecule has 1 aliphatic heterocycles. The Labute approximate surface area is 196 Å². The van der Waals surface area contributed by atoms with E-state index >= 15 is 0 Å². The molecule has 34 heavy (non-hydrogen) atoms. The third kappa shape index (κ3) is 4.84. The van der Waals surface area contributed by atoms with E-state index in [2.05, 4.69) is 5.32 Å². The smallest absolute Gasteiger partial charge is 0.253 e. The summed E-state index contributed by atoms with van der Waals surface area (Å²) in [4.78, 5) is 29.2. The van der Waals surface area contributed by atoms with Crippen LogP contribution in [0.3, 0.4) is 0 Å². The number of amides is 1. The van der Waals surface area contributed by atoms with E-state index in [0.29, 0.717) is 72.9 Å². The fourth-order valence-corrected chi connectivity index (χ4v) is 4.01. The summed E-state index contributed by atoms with van der Waals surface area (Å²) in [7, 11) is 4.73. The van der Waals surface area contributed by atoms with E-state index in [1.54, 1.807) is 38.4 Å². The van der Waals surface area contributed by atoms with Crippen molar-refractivity contribution >= 4 is 28.4 Å². The first-order valence-electron chi connectivity index (χ1n) is 11.1. The van der Waals surface area contributed by atoms with Crippen LogP contribution in [0.25, 0.3) is 11.0 Å². The van der Waals surface area contributed by atoms with Gasteiger partial charge in [0.15, 0.2) is 22.9 Å². The average Bonchev–Trinajstić information content (AvgIpc) is 2.84. The highest BCUT2D eigenvalue weighted by atomic mass is 19.1. The number of carbonyl (C=O) groups is 1. The minimum absolute atomic E-state index is 0.130. The highest BCUT2D eigenvalue weighted by molar-refractivity contribution is 5.98. The summed E-state index contributed by atoms with van der Waals surface area (Å²) in [6, 6.07) is 9.45. The van der Waals surface area contributed by atoms with Crippen LogP contribution in [-0.4, -0.2) is 64.9 Å². The lowest BCUT2D eigenvalue weighted by Gasteiger charge is -2.27. The predicted molar refractivity (Wildman–Crippen MR) is 129 cm³/mol. The van der Waals surface area contributed by atoms with Crippen LogP contribution in [0.2, 0.25) is 0 Å². The van der Waals surface area contributed by atoms with Crippen LogP contribution >= 0.6 is 0 Å². The zero-order valence-corrected chi connectivity index (χ0v) is 19.5. The second kappa shape index (κ2) is 10.1. The van der Waals surface area contributed by atoms with Crippen LogP contribution in [0, 0.1) is 5.82 Å². The second-order valence-electron chi connectivity index (χ2n) is 8.26. The Kier molecular flexibility index (Phi) is 7.02. The van der Waals surface area contributed by atoms with Crippen molar-refractivity contribution in [3.63, 3.8) is 0 Å². The van der Waals surface area contributed by atoms with E-state index in [0.717, 1.165) is 0 Å². The molecule has 0 radical (unpaired) electrons. The molecule has 1 aliphatic rings. The van der Waals surface area contributed by atoms with Gasteiger partial charge in [0, 0.05) is 45.4 Å². The molecule has 1 aromatic heterocycles. The summed E-state index contributed by atoms with van der Waals surface area (Å²) in [5.74, 6) is -0.0595. The molecule has 9 heteroatoms. The van der Waals surface area contributed by atoms with Crippen molar-refractivity contribution in [1.82, 2.24) is 4.90 Å². The largest absolute Gasteiger partial charge is 0.492 e. The third-order valence-corrected chi connectivity index (χ3v) is 5.75. The van der Waals surface area contributed by atoms with Crippen molar-refractivity contribution in [2.45, 2.75) is 6.42 Å². The molecule has 2 heterocycles. The lowest BCUT2D eigenvalue weighted by atomic mass is 10.0. The number of hydrogen-bond acceptors (Lipinski definition) is 7. The Morgan fingerprint density at radius 1 is 1.21 bits per heavy atom. The molecule has 0 saturated carbocycles. The zero-order valence-electron chi connectivity index (χ0n) is 19.5. The van der Waals surface area contributed by atoms with Gasteiger partial charge in [0.25, 0.3) is 5.91 Å². The number of methoxy groups -OCH3 is 1. The van der Waals surface area contributed by atoms with Gasteiger partial charge in [-0.1, -0.05) is 6.07 Å². The molecule has 4 rings (SSSR count). The van der Waals surface area contributed by atoms with Gasteiger partial charge in [-0.25, -0.2) is 4.39 Å². The van der Waals surface area contributed by atoms with Crippen molar-refractivity contribution in [2.24, 2.45) is 0 Å². The van der Waals surface area contributed by atoms with Gasteiger partial charge in [0.05, 0.1) is 31.4 Å². The number of fused-ring (bicyclic) bond motifs is 1. The van der Waals surface area contributed by atoms with Gasteiger partial charge in [0.1, 0.15) is 5.58 Å². The standard InChI is InChI=1S/C25H28FN3O5/c1-28(2)25(31)17-13-16(7-8-27-20-6-4-5-19(26)24(20)32-3)23-18(14-17)21(30)15-22(34-23)29-9-11-33-12-10-29/h4-6,13-15,27H,7-12H2,1-3H3. The molecule has 1 amide bonds. The SMILES string of the molecule is COc1c(F)cccc1NCCc1cc(C(=O)N(C)C)cc2c(=O)cc(N3CCOCC3)oc12.